The van der Waals surface area contributed by atoms with Gasteiger partial charge in [-0.2, -0.15) is 0 Å². The largest absolute Gasteiger partial charge is 0.304 e. The van der Waals surface area contributed by atoms with Gasteiger partial charge in [0.05, 0.1) is 0 Å². The second-order valence-corrected chi connectivity index (χ2v) is 13.6. The molecule has 8 aromatic carbocycles. The van der Waals surface area contributed by atoms with E-state index in [1.165, 1.54) is 55.1 Å². The molecule has 0 N–H and O–H groups in total. The molecule has 0 fully saturated rings. The maximum absolute atomic E-state index is 4.72. The zero-order chi connectivity index (χ0) is 37.5. The summed E-state index contributed by atoms with van der Waals surface area (Å²) < 4.78 is 0. The van der Waals surface area contributed by atoms with Crippen LogP contribution in [0.15, 0.2) is 219 Å². The average Bonchev–Trinajstić information content (AvgIpc) is 3.29. The average molecular weight is 905 g/mol. The van der Waals surface area contributed by atoms with Gasteiger partial charge < -0.3 is 9.97 Å². The van der Waals surface area contributed by atoms with Crippen LogP contribution in [-0.4, -0.2) is 9.97 Å². The number of benzene rings is 8. The Labute approximate surface area is 347 Å². The van der Waals surface area contributed by atoms with Crippen LogP contribution < -0.4 is 0 Å². The van der Waals surface area contributed by atoms with Gasteiger partial charge in [-0.15, -0.1) is 71.3 Å². The predicted octanol–water partition coefficient (Wildman–Crippen LogP) is 14.1. The molecular formula is C54H36IrN2-2. The number of nitrogens with zero attached hydrogens (tertiary/aromatic N) is 2. The minimum Gasteiger partial charge on any atom is -0.304 e. The van der Waals surface area contributed by atoms with E-state index < -0.39 is 0 Å². The molecule has 2 nitrogen and oxygen atoms in total. The number of fused-ring (bicyclic) bond motifs is 2. The van der Waals surface area contributed by atoms with E-state index in [-0.39, 0.29) is 20.1 Å². The normalized spacial score (nSPS) is 10.7. The quantitative estimate of drug-likeness (QED) is 0.155. The monoisotopic (exact) mass is 905 g/mol. The maximum atomic E-state index is 4.72. The minimum absolute atomic E-state index is 0. The molecule has 0 saturated heterocycles. The number of pyridine rings is 2. The van der Waals surface area contributed by atoms with Gasteiger partial charge in [-0.25, -0.2) is 0 Å². The number of hydrogen-bond acceptors (Lipinski definition) is 2. The van der Waals surface area contributed by atoms with E-state index in [1.54, 1.807) is 0 Å². The molecule has 3 heteroatoms. The molecule has 2 aromatic heterocycles. The molecule has 0 aliphatic rings. The van der Waals surface area contributed by atoms with Gasteiger partial charge in [0.25, 0.3) is 0 Å². The van der Waals surface area contributed by atoms with E-state index in [0.717, 1.165) is 33.5 Å². The molecule has 0 unspecified atom stereocenters. The van der Waals surface area contributed by atoms with Crippen molar-refractivity contribution in [2.24, 2.45) is 0 Å². The fourth-order valence-corrected chi connectivity index (χ4v) is 7.26. The second kappa shape index (κ2) is 17.4. The summed E-state index contributed by atoms with van der Waals surface area (Å²) >= 11 is 0. The minimum atomic E-state index is 0. The Kier molecular flexibility index (Phi) is 11.3. The Hall–Kier alpha value is -6.77. The molecule has 0 saturated carbocycles. The van der Waals surface area contributed by atoms with E-state index in [2.05, 4.69) is 175 Å². The zero-order valence-corrected chi connectivity index (χ0v) is 33.4. The third-order valence-corrected chi connectivity index (χ3v) is 10.0. The number of rotatable bonds is 6. The molecule has 2 heterocycles. The molecule has 10 rings (SSSR count). The van der Waals surface area contributed by atoms with Crippen LogP contribution >= 0.6 is 0 Å². The van der Waals surface area contributed by atoms with Gasteiger partial charge in [0.2, 0.25) is 0 Å². The van der Waals surface area contributed by atoms with Crippen molar-refractivity contribution < 1.29 is 20.1 Å². The van der Waals surface area contributed by atoms with Gasteiger partial charge in [-0.3, -0.25) is 0 Å². The van der Waals surface area contributed by atoms with Crippen LogP contribution in [0.5, 0.6) is 0 Å². The standard InChI is InChI=1S/C39H26N.C15H10N.Ir/c1-3-11-28(12-4-1)35-25-36(29-13-5-2-6-14-29)27-37(26-35)33-18-9-16-31(23-33)32-17-10-19-34(24-32)39-38-20-8-7-15-30(38)21-22-40-39;1-2-7-13(8-3-1)15-14-9-5-4-6-12(14)10-11-16-15;/h1-18,20-27H;1-7,9-11H;/q2*-1;. The third kappa shape index (κ3) is 8.27. The molecule has 57 heavy (non-hydrogen) atoms. The van der Waals surface area contributed by atoms with E-state index >= 15 is 0 Å². The van der Waals surface area contributed by atoms with Crippen molar-refractivity contribution in [3.8, 4) is 67.0 Å². The Balaban J connectivity index is 0.000000224. The summed E-state index contributed by atoms with van der Waals surface area (Å²) in [4.78, 5) is 9.17. The van der Waals surface area contributed by atoms with E-state index in [0.29, 0.717) is 0 Å². The summed E-state index contributed by atoms with van der Waals surface area (Å²) in [6.07, 6.45) is 3.72. The third-order valence-electron chi connectivity index (χ3n) is 10.0. The molecule has 0 aliphatic carbocycles. The van der Waals surface area contributed by atoms with Gasteiger partial charge in [0, 0.05) is 32.5 Å². The van der Waals surface area contributed by atoms with Crippen molar-refractivity contribution in [1.82, 2.24) is 9.97 Å². The number of aromatic nitrogens is 2. The van der Waals surface area contributed by atoms with E-state index in [1.807, 2.05) is 60.9 Å². The van der Waals surface area contributed by atoms with Crippen LogP contribution in [0.3, 0.4) is 0 Å². The molecule has 0 atom stereocenters. The fourth-order valence-electron chi connectivity index (χ4n) is 7.26. The van der Waals surface area contributed by atoms with Crippen LogP contribution in [0.4, 0.5) is 0 Å². The first-order valence-electron chi connectivity index (χ1n) is 18.8. The Morgan fingerprint density at radius 3 is 1.32 bits per heavy atom. The first-order valence-corrected chi connectivity index (χ1v) is 18.8. The van der Waals surface area contributed by atoms with Crippen LogP contribution in [-0.2, 0) is 20.1 Å². The smallest absolute Gasteiger partial charge is 0.0167 e. The fraction of sp³-hybridized carbons (Fsp3) is 0. The Bertz CT molecular complexity index is 2840. The topological polar surface area (TPSA) is 25.8 Å². The number of hydrogen-bond donors (Lipinski definition) is 0. The second-order valence-electron chi connectivity index (χ2n) is 13.6. The first-order chi connectivity index (χ1) is 27.8. The molecular weight excluding hydrogens is 869 g/mol. The molecule has 0 spiro atoms. The summed E-state index contributed by atoms with van der Waals surface area (Å²) in [5, 5.41) is 4.70. The summed E-state index contributed by atoms with van der Waals surface area (Å²) in [5.74, 6) is 0. The van der Waals surface area contributed by atoms with Crippen molar-refractivity contribution >= 4 is 21.5 Å². The van der Waals surface area contributed by atoms with Gasteiger partial charge >= 0.3 is 0 Å². The Morgan fingerprint density at radius 1 is 0.298 bits per heavy atom. The maximum Gasteiger partial charge on any atom is 0.0167 e. The van der Waals surface area contributed by atoms with Gasteiger partial charge in [-0.05, 0) is 108 Å². The summed E-state index contributed by atoms with van der Waals surface area (Å²) in [5.41, 5.74) is 13.5. The van der Waals surface area contributed by atoms with Crippen molar-refractivity contribution in [3.05, 3.63) is 231 Å². The van der Waals surface area contributed by atoms with Crippen LogP contribution in [0.2, 0.25) is 0 Å². The van der Waals surface area contributed by atoms with Gasteiger partial charge in [0.1, 0.15) is 0 Å². The molecule has 1 radical (unpaired) electrons. The molecule has 0 amide bonds. The molecule has 10 aromatic rings. The summed E-state index contributed by atoms with van der Waals surface area (Å²) in [6, 6.07) is 78.5. The molecule has 0 bridgehead atoms. The predicted molar refractivity (Wildman–Crippen MR) is 234 cm³/mol. The first kappa shape index (κ1) is 37.2. The molecule has 0 aliphatic heterocycles. The zero-order valence-electron chi connectivity index (χ0n) is 31.0. The van der Waals surface area contributed by atoms with Crippen molar-refractivity contribution in [1.29, 1.82) is 0 Å². The van der Waals surface area contributed by atoms with Crippen LogP contribution in [0.1, 0.15) is 0 Å². The van der Waals surface area contributed by atoms with E-state index in [4.69, 9.17) is 4.98 Å². The van der Waals surface area contributed by atoms with Crippen LogP contribution in [0, 0.1) is 12.1 Å². The van der Waals surface area contributed by atoms with Crippen LogP contribution in [0.25, 0.3) is 88.6 Å². The van der Waals surface area contributed by atoms with Gasteiger partial charge in [0.15, 0.2) is 0 Å². The van der Waals surface area contributed by atoms with Gasteiger partial charge in [-0.1, -0.05) is 127 Å². The molecule has 273 valence electrons. The Morgan fingerprint density at radius 2 is 0.737 bits per heavy atom. The van der Waals surface area contributed by atoms with E-state index in [9.17, 15) is 0 Å². The summed E-state index contributed by atoms with van der Waals surface area (Å²) in [7, 11) is 0. The summed E-state index contributed by atoms with van der Waals surface area (Å²) in [6.45, 7) is 0. The SMILES string of the molecule is [Ir].[c-]1ccc(-c2cccc(-c3cc(-c4ccccc4)cc(-c4ccccc4)c3)c2)cc1-c1nccc2ccccc12.[c-]1ccccc1-c1nccc2ccccc12. The van der Waals surface area contributed by atoms with Crippen molar-refractivity contribution in [2.45, 2.75) is 0 Å². The van der Waals surface area contributed by atoms with Crippen molar-refractivity contribution in [2.75, 3.05) is 0 Å². The van der Waals surface area contributed by atoms with Crippen molar-refractivity contribution in [3.63, 3.8) is 0 Å².